The van der Waals surface area contributed by atoms with E-state index in [1.165, 1.54) is 0 Å². The molecule has 69 nitrogen and oxygen atoms in total. The van der Waals surface area contributed by atoms with E-state index in [0.29, 0.717) is 0 Å². The van der Waals surface area contributed by atoms with Gasteiger partial charge < -0.3 is 123 Å². The smallest absolute Gasteiger partial charge is 0.397 e. The summed E-state index contributed by atoms with van der Waals surface area (Å²) in [4.78, 5) is 50.8. The van der Waals surface area contributed by atoms with Crippen LogP contribution in [0.25, 0.3) is 0 Å². The number of ether oxygens (including phenoxy) is 13. The molecule has 0 aliphatic carbocycles. The standard InChI is InChI=1S/C42H67N3O66S10/c46-5-1-6(32(53)54)95-40(19(5)108-118(80,81)82)100-20-7(2-92-115(71,72)73)96-38(10(13(20)47)43-112(62,63)64)104-24-17(51)27(110-120(86,87)88)42(106-30(24)34(57)58)102-22-9(4-94-117(77,78)79)98-39(12(15(22)49)45-114(68,69)70)105-25-18(52)28(111-121(89,90)91)41(107-31(25)35(59)60)101-21-8(3-93-116(74,75)76)97-37(11(14(21)48)44-113(65,66)67)103-23-16(50)26(109-119(83,84)85)36(61)99-29(23)33(55)56/h5-31,36-52,61H,1-4H2,(H,53,54)(H,55,56)(H,57,58)(H,59,60)(H,62,63,64)(H,65,66,67)(H,68,69,70)(H,71,72,73)(H,74,75,76)(H,77,78,79)(H,80,81,82)(H,83,84,85)(H,86,87,88)(H,89,90,91)/t5-,6+,7+,8+,9+,10+,11+,12+,13+,14+,15+,16-,17-,18-,19+,20+,21+,22+,23-,24-,25-,26+,27+,28+,29+,30+,31+,36+,37+,38+,39+,40-,41+,42+/m0/s1. The molecule has 7 heterocycles. The third kappa shape index (κ3) is 29.6. The Morgan fingerprint density at radius 2 is 0.529 bits per heavy atom. The number of carbonyl (C=O) groups is 4. The molecule has 0 saturated carbocycles. The van der Waals surface area contributed by atoms with Crippen molar-refractivity contribution in [2.24, 2.45) is 0 Å². The van der Waals surface area contributed by atoms with Crippen LogP contribution in [0.3, 0.4) is 0 Å². The highest BCUT2D eigenvalue weighted by Crippen LogP contribution is 2.41. The minimum Gasteiger partial charge on any atom is -0.479 e. The minimum absolute atomic E-state index is 1.08. The Morgan fingerprint density at radius 3 is 0.785 bits per heavy atom. The highest BCUT2D eigenvalue weighted by atomic mass is 32.3. The van der Waals surface area contributed by atoms with Gasteiger partial charge in [0.2, 0.25) is 0 Å². The number of rotatable bonds is 39. The fourth-order valence-electron chi connectivity index (χ4n) is 12.1. The predicted octanol–water partition coefficient (Wildman–Crippen LogP) is -17.9. The van der Waals surface area contributed by atoms with Gasteiger partial charge in [-0.25, -0.2) is 48.5 Å². The summed E-state index contributed by atoms with van der Waals surface area (Å²) in [5, 5.41) is 132. The van der Waals surface area contributed by atoms with Crippen LogP contribution in [0.2, 0.25) is 0 Å². The zero-order valence-corrected chi connectivity index (χ0v) is 66.0. The highest BCUT2D eigenvalue weighted by molar-refractivity contribution is 7.84. The second-order valence-corrected chi connectivity index (χ2v) is 36.1. The van der Waals surface area contributed by atoms with Crippen LogP contribution in [-0.4, -0.2) is 443 Å². The van der Waals surface area contributed by atoms with E-state index in [2.05, 4.69) is 34.0 Å². The molecule has 0 amide bonds. The molecule has 79 heteroatoms. The number of carboxylic acids is 4. The first kappa shape index (κ1) is 104. The summed E-state index contributed by atoms with van der Waals surface area (Å²) < 4.78 is 444. The number of hydrogen-bond donors (Lipinski definition) is 25. The number of aliphatic carboxylic acids is 4. The summed E-state index contributed by atoms with van der Waals surface area (Å²) in [7, 11) is -60.5. The van der Waals surface area contributed by atoms with E-state index in [-0.39, 0.29) is 0 Å². The zero-order valence-electron chi connectivity index (χ0n) is 57.8. The normalized spacial score (nSPS) is 39.3. The third-order valence-corrected chi connectivity index (χ3v) is 21.6. The van der Waals surface area contributed by atoms with Crippen LogP contribution in [0.5, 0.6) is 0 Å². The van der Waals surface area contributed by atoms with Crippen LogP contribution in [0, 0.1) is 0 Å². The molecule has 7 aliphatic rings. The molecule has 0 aromatic rings. The van der Waals surface area contributed by atoms with Gasteiger partial charge in [-0.05, 0) is 0 Å². The van der Waals surface area contributed by atoms with E-state index in [1.807, 2.05) is 0 Å². The molecule has 0 unspecified atom stereocenters. The van der Waals surface area contributed by atoms with E-state index in [9.17, 15) is 210 Å². The van der Waals surface area contributed by atoms with Crippen molar-refractivity contribution in [2.45, 2.75) is 215 Å². The van der Waals surface area contributed by atoms with Gasteiger partial charge >= 0.3 is 128 Å². The number of aliphatic hydroxyl groups is 8. The topological polar surface area (TPSA) is 1080 Å². The fourth-order valence-corrected chi connectivity index (χ4v) is 16.8. The molecule has 0 bridgehead atoms. The molecule has 706 valence electrons. The molecule has 121 heavy (non-hydrogen) atoms. The van der Waals surface area contributed by atoms with E-state index in [0.717, 1.165) is 14.2 Å². The quantitative estimate of drug-likeness (QED) is 0.0254. The van der Waals surface area contributed by atoms with Crippen LogP contribution in [0.15, 0.2) is 0 Å². The van der Waals surface area contributed by atoms with E-state index in [1.54, 1.807) is 0 Å². The molecule has 34 atom stereocenters. The van der Waals surface area contributed by atoms with Crippen LogP contribution in [-0.2, 0) is 214 Å². The fraction of sp³-hybridized carbons (Fsp3) is 0.905. The number of hydrogen-bond acceptors (Lipinski definition) is 52. The first-order valence-electron chi connectivity index (χ1n) is 31.4. The Hall–Kier alpha value is -4.26. The monoisotopic (exact) mass is 1990 g/mol. The lowest BCUT2D eigenvalue weighted by molar-refractivity contribution is -0.377. The van der Waals surface area contributed by atoms with E-state index >= 15 is 0 Å². The van der Waals surface area contributed by atoms with Gasteiger partial charge in [0.05, 0.1) is 25.9 Å². The predicted molar refractivity (Wildman–Crippen MR) is 343 cm³/mol. The summed E-state index contributed by atoms with van der Waals surface area (Å²) in [6.07, 6.45) is -97.2. The van der Waals surface area contributed by atoms with Gasteiger partial charge in [-0.3, -0.25) is 45.5 Å². The lowest BCUT2D eigenvalue weighted by Crippen LogP contribution is -2.71. The Bertz CT molecular complexity index is 4890. The summed E-state index contributed by atoms with van der Waals surface area (Å²) in [6.45, 7) is -5.96. The van der Waals surface area contributed by atoms with Gasteiger partial charge in [0.15, 0.2) is 92.9 Å². The van der Waals surface area contributed by atoms with Crippen LogP contribution in [0.1, 0.15) is 6.42 Å². The number of nitrogens with one attached hydrogen (secondary N) is 3. The van der Waals surface area contributed by atoms with Gasteiger partial charge in [0.1, 0.15) is 110 Å². The van der Waals surface area contributed by atoms with Crippen molar-refractivity contribution in [3.8, 4) is 0 Å². The molecular formula is C42H67N3O66S10. The maximum Gasteiger partial charge on any atom is 0.397 e. The Kier molecular flexibility index (Phi) is 33.8. The molecular weight excluding hydrogens is 1920 g/mol. The Morgan fingerprint density at radius 1 is 0.281 bits per heavy atom. The molecule has 7 aliphatic heterocycles. The largest absolute Gasteiger partial charge is 0.479 e. The van der Waals surface area contributed by atoms with Gasteiger partial charge in [0, 0.05) is 6.42 Å². The van der Waals surface area contributed by atoms with E-state index in [4.69, 9.17) is 56.8 Å². The van der Waals surface area contributed by atoms with E-state index < -0.39 is 362 Å². The second-order valence-electron chi connectivity index (χ2n) is 25.1. The lowest BCUT2D eigenvalue weighted by Gasteiger charge is -2.50. The van der Waals surface area contributed by atoms with Gasteiger partial charge in [-0.15, -0.1) is 0 Å². The van der Waals surface area contributed by atoms with Crippen molar-refractivity contribution in [2.75, 3.05) is 19.8 Å². The Balaban J connectivity index is 1.27. The van der Waals surface area contributed by atoms with Crippen molar-refractivity contribution in [1.29, 1.82) is 0 Å². The average Bonchev–Trinajstić information content (AvgIpc) is 0.758. The molecule has 7 saturated heterocycles. The molecule has 0 aromatic heterocycles. The summed E-state index contributed by atoms with van der Waals surface area (Å²) >= 11 is 0. The highest BCUT2D eigenvalue weighted by Gasteiger charge is 2.63. The van der Waals surface area contributed by atoms with Crippen molar-refractivity contribution in [1.82, 2.24) is 14.2 Å². The lowest BCUT2D eigenvalue weighted by atomic mass is 9.94. The van der Waals surface area contributed by atoms with Gasteiger partial charge in [-0.2, -0.15) is 98.3 Å². The number of carboxylic acid groups (broad SMARTS) is 4. The van der Waals surface area contributed by atoms with Crippen LogP contribution >= 0.6 is 0 Å². The summed E-state index contributed by atoms with van der Waals surface area (Å²) in [5.41, 5.74) is 0. The maximum absolute atomic E-state index is 13.3. The summed E-state index contributed by atoms with van der Waals surface area (Å²) in [6, 6.07) is -9.35. The zero-order chi connectivity index (χ0) is 92.0. The minimum atomic E-state index is -6.40. The molecule has 25 N–H and O–H groups in total. The molecule has 0 spiro atoms. The van der Waals surface area contributed by atoms with Crippen LogP contribution in [0.4, 0.5) is 0 Å². The molecule has 0 aromatic carbocycles. The maximum atomic E-state index is 13.3. The first-order valence-corrected chi connectivity index (χ1v) is 45.3. The van der Waals surface area contributed by atoms with Crippen LogP contribution < -0.4 is 14.2 Å². The number of aliphatic hydroxyl groups excluding tert-OH is 8. The van der Waals surface area contributed by atoms with Crippen molar-refractivity contribution in [3.63, 3.8) is 0 Å². The van der Waals surface area contributed by atoms with Crippen molar-refractivity contribution < 1.29 is 301 Å². The first-order chi connectivity index (χ1) is 54.8. The average molecular weight is 1990 g/mol. The molecule has 0 radical (unpaired) electrons. The SMILES string of the molecule is O=C(O)[C@H]1C[C@H](O)[C@@H](OS(=O)(=O)O)[C@H](O[C@H]2[C@H](O)[C@@H](NS(=O)(=O)O)[C@@H](O[C@H]3[C@H](O)[C@@H](OS(=O)(=O)O)[C@H](O[C@H]4[C@H](O)[C@@H](NS(=O)(=O)O)[C@@H](O[C@H]5[C@H](O)[C@@H](OS(=O)(=O)O)[C@H](O[C@H]6[C@H](O)[C@@H](NS(=O)(=O)O)[C@@H](O[C@H]7[C@H](O)[C@@H](OS(=O)(=O)O)[C@H](O)O[C@H]7C(=O)O)O[C@@H]6COS(=O)(=O)O)O[C@H]5C(=O)O)O[C@@H]4COS(=O)(=O)O)O[C@H]3C(=O)O)O[C@@H]2COS(=O)(=O)O)O1. The third-order valence-electron chi connectivity index (χ3n) is 16.7. The summed E-state index contributed by atoms with van der Waals surface area (Å²) in [5.74, 6) is -9.65. The van der Waals surface area contributed by atoms with Gasteiger partial charge in [0.25, 0.3) is 0 Å². The Labute approximate surface area is 674 Å². The second kappa shape index (κ2) is 39.4. The molecule has 7 rings (SSSR count). The van der Waals surface area contributed by atoms with Crippen molar-refractivity contribution in [3.05, 3.63) is 0 Å². The van der Waals surface area contributed by atoms with Gasteiger partial charge in [-0.1, -0.05) is 0 Å². The molecule has 7 fully saturated rings. The van der Waals surface area contributed by atoms with Crippen molar-refractivity contribution >= 4 is 128 Å².